The third kappa shape index (κ3) is 2.71. The Balaban J connectivity index is 1.74. The summed E-state index contributed by atoms with van der Waals surface area (Å²) in [7, 11) is 0. The molecule has 25 heavy (non-hydrogen) atoms. The number of aryl methyl sites for hydroxylation is 1. The third-order valence-electron chi connectivity index (χ3n) is 4.64. The Labute approximate surface area is 144 Å². The molecule has 1 aliphatic rings. The Hall–Kier alpha value is -2.96. The maximum Gasteiger partial charge on any atom is 0.265 e. The predicted molar refractivity (Wildman–Crippen MR) is 93.4 cm³/mol. The number of nitrogens with zero attached hydrogens (tertiary/aromatic N) is 5. The number of aromatic nitrogens is 4. The van der Waals surface area contributed by atoms with Gasteiger partial charge in [0.25, 0.3) is 5.56 Å². The first-order valence-electron chi connectivity index (χ1n) is 8.42. The van der Waals surface area contributed by atoms with E-state index < -0.39 is 0 Å². The standard InChI is InChI=1S/C18H19N5O2/c1-13-6-2-3-7-15(13)23-17-14(10-20-23)18(25)22(11-19-17)12-21-9-5-4-8-16(21)24/h2-3,6-7,10-11H,4-5,8-9,12H2,1H3. The molecule has 0 atom stereocenters. The van der Waals surface area contributed by atoms with Crippen molar-refractivity contribution < 1.29 is 4.79 Å². The highest BCUT2D eigenvalue weighted by atomic mass is 16.2. The first-order chi connectivity index (χ1) is 12.1. The fraction of sp³-hybridized carbons (Fsp3) is 0.333. The smallest absolute Gasteiger partial charge is 0.265 e. The van der Waals surface area contributed by atoms with Gasteiger partial charge in [0.2, 0.25) is 5.91 Å². The van der Waals surface area contributed by atoms with Crippen LogP contribution in [0.4, 0.5) is 0 Å². The number of fused-ring (bicyclic) bond motifs is 1. The fourth-order valence-corrected chi connectivity index (χ4v) is 3.22. The average molecular weight is 337 g/mol. The van der Waals surface area contributed by atoms with Gasteiger partial charge < -0.3 is 4.90 Å². The zero-order valence-corrected chi connectivity index (χ0v) is 14.1. The van der Waals surface area contributed by atoms with E-state index in [4.69, 9.17) is 0 Å². The summed E-state index contributed by atoms with van der Waals surface area (Å²) in [4.78, 5) is 30.9. The second-order valence-electron chi connectivity index (χ2n) is 6.36. The van der Waals surface area contributed by atoms with E-state index in [2.05, 4.69) is 10.1 Å². The highest BCUT2D eigenvalue weighted by Gasteiger charge is 2.19. The maximum atomic E-state index is 12.8. The number of carbonyl (C=O) groups is 1. The lowest BCUT2D eigenvalue weighted by Crippen LogP contribution is -2.39. The molecule has 0 N–H and O–H groups in total. The van der Waals surface area contributed by atoms with Gasteiger partial charge in [0.15, 0.2) is 5.65 Å². The molecule has 1 amide bonds. The van der Waals surface area contributed by atoms with Crippen LogP contribution in [0, 0.1) is 6.92 Å². The first-order valence-corrected chi connectivity index (χ1v) is 8.42. The van der Waals surface area contributed by atoms with Crippen LogP contribution >= 0.6 is 0 Å². The van der Waals surface area contributed by atoms with Crippen molar-refractivity contribution in [3.8, 4) is 5.69 Å². The first kappa shape index (κ1) is 15.6. The Morgan fingerprint density at radius 3 is 2.80 bits per heavy atom. The number of carbonyl (C=O) groups excluding carboxylic acids is 1. The summed E-state index contributed by atoms with van der Waals surface area (Å²) in [5.74, 6) is 0.0915. The minimum absolute atomic E-state index is 0.0915. The molecule has 0 radical (unpaired) electrons. The van der Waals surface area contributed by atoms with Crippen molar-refractivity contribution in [1.29, 1.82) is 0 Å². The summed E-state index contributed by atoms with van der Waals surface area (Å²) in [5, 5.41) is 4.80. The van der Waals surface area contributed by atoms with Gasteiger partial charge in [-0.1, -0.05) is 18.2 Å². The molecule has 0 aliphatic carbocycles. The molecule has 7 nitrogen and oxygen atoms in total. The summed E-state index contributed by atoms with van der Waals surface area (Å²) >= 11 is 0. The summed E-state index contributed by atoms with van der Waals surface area (Å²) in [6, 6.07) is 7.83. The summed E-state index contributed by atoms with van der Waals surface area (Å²) in [6.45, 7) is 2.92. The van der Waals surface area contributed by atoms with Crippen LogP contribution < -0.4 is 5.56 Å². The normalized spacial score (nSPS) is 15.1. The van der Waals surface area contributed by atoms with Crippen LogP contribution in [0.5, 0.6) is 0 Å². The monoisotopic (exact) mass is 337 g/mol. The van der Waals surface area contributed by atoms with Crippen LogP contribution in [0.3, 0.4) is 0 Å². The molecule has 0 bridgehead atoms. The van der Waals surface area contributed by atoms with Crippen molar-refractivity contribution in [3.05, 3.63) is 52.7 Å². The van der Waals surface area contributed by atoms with Crippen molar-refractivity contribution in [2.45, 2.75) is 32.9 Å². The molecule has 1 aromatic carbocycles. The summed E-state index contributed by atoms with van der Waals surface area (Å²) in [6.07, 6.45) is 5.50. The van der Waals surface area contributed by atoms with Gasteiger partial charge in [-0.25, -0.2) is 9.67 Å². The van der Waals surface area contributed by atoms with Gasteiger partial charge in [0.1, 0.15) is 18.4 Å². The molecule has 1 fully saturated rings. The maximum absolute atomic E-state index is 12.8. The number of piperidine rings is 1. The number of hydrogen-bond donors (Lipinski definition) is 0. The molecular formula is C18H19N5O2. The number of para-hydroxylation sites is 1. The largest absolute Gasteiger partial charge is 0.324 e. The molecule has 0 unspecified atom stereocenters. The molecule has 0 spiro atoms. The van der Waals surface area contributed by atoms with Gasteiger partial charge in [0.05, 0.1) is 11.9 Å². The minimum Gasteiger partial charge on any atom is -0.324 e. The fourth-order valence-electron chi connectivity index (χ4n) is 3.22. The van der Waals surface area contributed by atoms with E-state index in [1.807, 2.05) is 31.2 Å². The lowest BCUT2D eigenvalue weighted by molar-refractivity contribution is -0.135. The van der Waals surface area contributed by atoms with Gasteiger partial charge in [-0.3, -0.25) is 14.2 Å². The van der Waals surface area contributed by atoms with Gasteiger partial charge >= 0.3 is 0 Å². The van der Waals surface area contributed by atoms with Crippen molar-refractivity contribution in [2.24, 2.45) is 0 Å². The Bertz CT molecular complexity index is 1000. The van der Waals surface area contributed by atoms with Gasteiger partial charge in [-0.15, -0.1) is 0 Å². The van der Waals surface area contributed by atoms with Crippen LogP contribution in [0.25, 0.3) is 16.7 Å². The average Bonchev–Trinajstić information content (AvgIpc) is 3.04. The van der Waals surface area contributed by atoms with Gasteiger partial charge in [0, 0.05) is 13.0 Å². The van der Waals surface area contributed by atoms with Crippen LogP contribution in [0.2, 0.25) is 0 Å². The SMILES string of the molecule is Cc1ccccc1-n1ncc2c(=O)n(CN3CCCCC3=O)cnc21. The summed E-state index contributed by atoms with van der Waals surface area (Å²) < 4.78 is 3.16. The van der Waals surface area contributed by atoms with E-state index in [1.165, 1.54) is 10.9 Å². The number of amides is 1. The number of likely N-dealkylation sites (tertiary alicyclic amines) is 1. The Morgan fingerprint density at radius 2 is 2.00 bits per heavy atom. The van der Waals surface area contributed by atoms with E-state index in [0.29, 0.717) is 24.0 Å². The van der Waals surface area contributed by atoms with E-state index >= 15 is 0 Å². The van der Waals surface area contributed by atoms with Gasteiger partial charge in [-0.2, -0.15) is 5.10 Å². The summed E-state index contributed by atoms with van der Waals surface area (Å²) in [5.41, 5.74) is 2.30. The quantitative estimate of drug-likeness (QED) is 0.731. The number of rotatable bonds is 3. The van der Waals surface area contributed by atoms with E-state index in [9.17, 15) is 9.59 Å². The topological polar surface area (TPSA) is 73.0 Å². The van der Waals surface area contributed by atoms with Crippen molar-refractivity contribution >= 4 is 16.9 Å². The Morgan fingerprint density at radius 1 is 1.16 bits per heavy atom. The molecule has 3 aromatic rings. The molecule has 0 saturated carbocycles. The van der Waals surface area contributed by atoms with Crippen molar-refractivity contribution in [2.75, 3.05) is 6.54 Å². The van der Waals surface area contributed by atoms with E-state index in [-0.39, 0.29) is 18.1 Å². The van der Waals surface area contributed by atoms with Crippen LogP contribution in [0.1, 0.15) is 24.8 Å². The van der Waals surface area contributed by atoms with Crippen LogP contribution in [0.15, 0.2) is 41.6 Å². The van der Waals surface area contributed by atoms with Crippen molar-refractivity contribution in [1.82, 2.24) is 24.2 Å². The second kappa shape index (κ2) is 6.16. The van der Waals surface area contributed by atoms with Gasteiger partial charge in [-0.05, 0) is 31.4 Å². The second-order valence-corrected chi connectivity index (χ2v) is 6.36. The molecular weight excluding hydrogens is 318 g/mol. The van der Waals surface area contributed by atoms with Crippen molar-refractivity contribution in [3.63, 3.8) is 0 Å². The molecule has 2 aromatic heterocycles. The number of benzene rings is 1. The van der Waals surface area contributed by atoms with Crippen LogP contribution in [-0.2, 0) is 11.5 Å². The molecule has 128 valence electrons. The predicted octanol–water partition coefficient (Wildman–Crippen LogP) is 1.86. The zero-order valence-electron chi connectivity index (χ0n) is 14.1. The molecule has 7 heteroatoms. The lowest BCUT2D eigenvalue weighted by Gasteiger charge is -2.27. The zero-order chi connectivity index (χ0) is 17.4. The minimum atomic E-state index is -0.178. The highest BCUT2D eigenvalue weighted by molar-refractivity contribution is 5.77. The van der Waals surface area contributed by atoms with Crippen LogP contribution in [-0.4, -0.2) is 36.7 Å². The lowest BCUT2D eigenvalue weighted by atomic mass is 10.1. The van der Waals surface area contributed by atoms with E-state index in [0.717, 1.165) is 24.1 Å². The molecule has 1 aliphatic heterocycles. The molecule has 3 heterocycles. The molecule has 4 rings (SSSR count). The van der Waals surface area contributed by atoms with E-state index in [1.54, 1.807) is 15.8 Å². The Kier molecular flexibility index (Phi) is 3.83. The molecule has 1 saturated heterocycles. The number of hydrogen-bond acceptors (Lipinski definition) is 4. The highest BCUT2D eigenvalue weighted by Crippen LogP contribution is 2.17. The third-order valence-corrected chi connectivity index (χ3v) is 4.64.